The van der Waals surface area contributed by atoms with E-state index in [9.17, 15) is 39.6 Å². The van der Waals surface area contributed by atoms with E-state index in [0.29, 0.717) is 63.9 Å². The molecule has 1 amide bonds. The average Bonchev–Trinajstić information content (AvgIpc) is 3.91. The molecule has 0 spiro atoms. The molecule has 440 valence electrons. The molecule has 12 atom stereocenters. The topological polar surface area (TPSA) is 282 Å². The number of esters is 2. The number of thiazole rings is 1. The van der Waals surface area contributed by atoms with E-state index in [-0.39, 0.29) is 56.3 Å². The number of aromatic nitrogens is 4. The quantitative estimate of drug-likeness (QED) is 0.0315. The molecule has 3 fully saturated rings. The third kappa shape index (κ3) is 19.6. The van der Waals surface area contributed by atoms with Gasteiger partial charge in [-0.1, -0.05) is 79.1 Å². The number of aliphatic hydroxyl groups is 4. The lowest BCUT2D eigenvalue weighted by atomic mass is 9.72. The maximum Gasteiger partial charge on any atom is 0.310 e. The number of benzene rings is 1. The molecule has 2 aromatic heterocycles. The minimum atomic E-state index is -1.37. The van der Waals surface area contributed by atoms with E-state index in [0.717, 1.165) is 39.6 Å². The van der Waals surface area contributed by atoms with Crippen molar-refractivity contribution < 1.29 is 77.5 Å². The molecular formula is C55H81N5O16S3. The number of fused-ring (bicyclic) bond motifs is 1. The Morgan fingerprint density at radius 2 is 1.67 bits per heavy atom. The molecule has 21 nitrogen and oxygen atoms in total. The monoisotopic (exact) mass is 1160 g/mol. The van der Waals surface area contributed by atoms with Crippen LogP contribution in [0.15, 0.2) is 46.3 Å². The molecule has 0 radical (unpaired) electrons. The van der Waals surface area contributed by atoms with Gasteiger partial charge in [-0.15, -0.1) is 16.4 Å². The van der Waals surface area contributed by atoms with Crippen molar-refractivity contribution in [3.63, 3.8) is 0 Å². The Bertz CT molecular complexity index is 2460. The largest absolute Gasteiger partial charge is 0.461 e. The fourth-order valence-electron chi connectivity index (χ4n) is 9.47. The lowest BCUT2D eigenvalue weighted by Gasteiger charge is -2.38. The number of rotatable bonds is 25. The molecule has 0 saturated carbocycles. The van der Waals surface area contributed by atoms with Crippen LogP contribution in [0.1, 0.15) is 109 Å². The maximum absolute atomic E-state index is 14.4. The van der Waals surface area contributed by atoms with Gasteiger partial charge in [0.2, 0.25) is 5.91 Å². The fraction of sp³-hybridized carbons (Fsp3) is 0.691. The molecule has 0 bridgehead atoms. The van der Waals surface area contributed by atoms with Gasteiger partial charge in [0.05, 0.1) is 124 Å². The zero-order chi connectivity index (χ0) is 57.3. The van der Waals surface area contributed by atoms with Gasteiger partial charge in [0.1, 0.15) is 42.0 Å². The first kappa shape index (κ1) is 64.3. The number of hydrogen-bond donors (Lipinski definition) is 5. The second kappa shape index (κ2) is 31.0. The van der Waals surface area contributed by atoms with Crippen LogP contribution in [-0.4, -0.2) is 177 Å². The molecule has 3 aliphatic rings. The normalized spacial score (nSPS) is 28.9. The van der Waals surface area contributed by atoms with Gasteiger partial charge in [-0.2, -0.15) is 0 Å². The summed E-state index contributed by atoms with van der Waals surface area (Å²) in [6.07, 6.45) is -2.54. The number of ether oxygens (including phenoxy) is 8. The molecule has 6 rings (SSSR count). The van der Waals surface area contributed by atoms with Crippen LogP contribution >= 0.6 is 32.9 Å². The number of epoxide rings is 1. The summed E-state index contributed by atoms with van der Waals surface area (Å²) in [5.41, 5.74) is 1.13. The van der Waals surface area contributed by atoms with Crippen molar-refractivity contribution in [2.45, 2.75) is 179 Å². The number of Topliss-reactive ketones (excluding diaryl/α,β-unsaturated/α-hetero) is 1. The van der Waals surface area contributed by atoms with Crippen molar-refractivity contribution in [2.24, 2.45) is 17.3 Å². The first-order valence-corrected chi connectivity index (χ1v) is 30.3. The Hall–Kier alpha value is -3.89. The maximum atomic E-state index is 14.4. The van der Waals surface area contributed by atoms with Crippen molar-refractivity contribution in [3.8, 4) is 0 Å². The van der Waals surface area contributed by atoms with Gasteiger partial charge in [-0.25, -0.2) is 9.67 Å². The summed E-state index contributed by atoms with van der Waals surface area (Å²) < 4.78 is 47.6. The molecular weight excluding hydrogens is 1080 g/mol. The first-order chi connectivity index (χ1) is 37.6. The molecule has 24 heteroatoms. The molecule has 0 unspecified atom stereocenters. The summed E-state index contributed by atoms with van der Waals surface area (Å²) in [7, 11) is 2.95. The molecule has 5 N–H and O–H groups in total. The summed E-state index contributed by atoms with van der Waals surface area (Å²) in [5, 5.41) is 55.2. The van der Waals surface area contributed by atoms with Gasteiger partial charge >= 0.3 is 11.9 Å². The number of aliphatic hydroxyl groups excluding tert-OH is 4. The first-order valence-electron chi connectivity index (χ1n) is 27.1. The van der Waals surface area contributed by atoms with Gasteiger partial charge in [0.25, 0.3) is 0 Å². The van der Waals surface area contributed by atoms with E-state index in [2.05, 4.69) is 27.5 Å². The molecule has 3 saturated heterocycles. The lowest BCUT2D eigenvalue weighted by Crippen LogP contribution is -2.57. The van der Waals surface area contributed by atoms with Gasteiger partial charge in [-0.3, -0.25) is 19.2 Å². The molecule has 0 aliphatic carbocycles. The number of carbonyl (C=O) groups is 4. The highest BCUT2D eigenvalue weighted by molar-refractivity contribution is 8.76. The number of ketones is 1. The number of nitrogens with one attached hydrogen (secondary N) is 1. The highest BCUT2D eigenvalue weighted by Gasteiger charge is 2.53. The van der Waals surface area contributed by atoms with Gasteiger partial charge in [0.15, 0.2) is 6.29 Å². The number of aryl methyl sites for hydroxylation is 1. The van der Waals surface area contributed by atoms with Gasteiger partial charge in [0, 0.05) is 28.9 Å². The van der Waals surface area contributed by atoms with Crippen LogP contribution in [0, 0.1) is 24.2 Å². The van der Waals surface area contributed by atoms with Gasteiger partial charge < -0.3 is 63.6 Å². The van der Waals surface area contributed by atoms with Crippen LogP contribution in [0.2, 0.25) is 0 Å². The predicted molar refractivity (Wildman–Crippen MR) is 295 cm³/mol. The zero-order valence-electron chi connectivity index (χ0n) is 46.6. The van der Waals surface area contributed by atoms with E-state index >= 15 is 0 Å². The third-order valence-electron chi connectivity index (χ3n) is 14.6. The Morgan fingerprint density at radius 3 is 2.39 bits per heavy atom. The minimum Gasteiger partial charge on any atom is -0.461 e. The van der Waals surface area contributed by atoms with E-state index in [1.807, 2.05) is 56.5 Å². The van der Waals surface area contributed by atoms with Crippen molar-refractivity contribution >= 4 is 62.6 Å². The summed E-state index contributed by atoms with van der Waals surface area (Å²) in [5.74, 6) is -2.12. The summed E-state index contributed by atoms with van der Waals surface area (Å²) in [6.45, 7) is 17.2. The molecule has 3 aliphatic heterocycles. The summed E-state index contributed by atoms with van der Waals surface area (Å²) in [6, 6.07) is 7.51. The number of carbonyl (C=O) groups excluding carboxylic acids is 4. The standard InChI is InChI=1S/C55H81N5O16S3/c1-33-12-11-16-55(8)44(76-55)28-41(34(2)26-39-32-77-37(5)57-39)74-47(64)29-43(61)54(6,7)52(68)35(3)51(33)75-46(63)27-38-13-9-10-14-42(38)79-78-25-15-45(62)56-30-40-31-60(59-58-40)17-18-69-19-20-70-21-22-71-23-24-72-53-50(67)49(66)48(65)36(4)73-53/h9-10,13-14,26,31-33,35-36,41,43-44,48-51,53,61,65-67H,11-12,15-25,27-30H2,1-8H3,(H,56,62)/b34-26+/t33-,35+,36-,41-,43-,44-,48-,49+,50+,51-,53+,55+/m0/s1. The van der Waals surface area contributed by atoms with Crippen molar-refractivity contribution in [3.05, 3.63) is 63.4 Å². The van der Waals surface area contributed by atoms with E-state index < -0.39 is 84.3 Å². The van der Waals surface area contributed by atoms with Crippen LogP contribution < -0.4 is 5.32 Å². The number of amides is 1. The number of hydrogen-bond acceptors (Lipinski definition) is 22. The lowest BCUT2D eigenvalue weighted by molar-refractivity contribution is -0.294. The van der Waals surface area contributed by atoms with Crippen molar-refractivity contribution in [1.29, 1.82) is 0 Å². The number of cyclic esters (lactones) is 1. The SMILES string of the molecule is C/C(=C\c1csc(C)n1)[C@@H]1C[C@@H]2O[C@]2(C)CCC[C@H](C)[C@H](OC(=O)Cc2ccccc2SSCCC(=O)NCc2cn(CCOCCOCCOCCO[C@@H]3O[C@@H](C)[C@H](O)[C@@H](O)[C@H]3O)nn2)[C@@H](C)C(=O)C(C)(C)[C@@H](O)CC(=O)O1. The van der Waals surface area contributed by atoms with Crippen LogP contribution in [0.5, 0.6) is 0 Å². The molecule has 5 heterocycles. The van der Waals surface area contributed by atoms with Crippen LogP contribution in [0.3, 0.4) is 0 Å². The van der Waals surface area contributed by atoms with E-state index in [4.69, 9.17) is 37.9 Å². The Balaban J connectivity index is 0.881. The van der Waals surface area contributed by atoms with Crippen molar-refractivity contribution in [2.75, 3.05) is 52.0 Å². The van der Waals surface area contributed by atoms with Crippen LogP contribution in [0.4, 0.5) is 0 Å². The third-order valence-corrected chi connectivity index (χ3v) is 17.9. The summed E-state index contributed by atoms with van der Waals surface area (Å²) in [4.78, 5) is 59.9. The molecule has 1 aromatic carbocycles. The fourth-order valence-corrected chi connectivity index (χ4v) is 12.3. The Labute approximate surface area is 474 Å². The van der Waals surface area contributed by atoms with E-state index in [1.54, 1.807) is 38.6 Å². The Kier molecular flexibility index (Phi) is 25.2. The zero-order valence-corrected chi connectivity index (χ0v) is 49.1. The van der Waals surface area contributed by atoms with Crippen LogP contribution in [-0.2, 0) is 76.6 Å². The van der Waals surface area contributed by atoms with Crippen LogP contribution in [0.25, 0.3) is 6.08 Å². The molecule has 3 aromatic rings. The van der Waals surface area contributed by atoms with Gasteiger partial charge in [-0.05, 0) is 69.7 Å². The highest BCUT2D eigenvalue weighted by Crippen LogP contribution is 2.45. The second-order valence-corrected chi connectivity index (χ2v) is 24.8. The average molecular weight is 1160 g/mol. The molecule has 79 heavy (non-hydrogen) atoms. The second-order valence-electron chi connectivity index (χ2n) is 21.3. The smallest absolute Gasteiger partial charge is 0.310 e. The Morgan fingerprint density at radius 1 is 0.962 bits per heavy atom. The minimum absolute atomic E-state index is 0.0414. The predicted octanol–water partition coefficient (Wildman–Crippen LogP) is 5.20. The van der Waals surface area contributed by atoms with Crippen molar-refractivity contribution in [1.82, 2.24) is 25.3 Å². The highest BCUT2D eigenvalue weighted by atomic mass is 33.1. The number of nitrogens with zero attached hydrogens (tertiary/aromatic N) is 4. The van der Waals surface area contributed by atoms with E-state index in [1.165, 1.54) is 32.9 Å². The summed E-state index contributed by atoms with van der Waals surface area (Å²) >= 11 is 1.53.